The molecule has 0 bridgehead atoms. The van der Waals surface area contributed by atoms with Gasteiger partial charge < -0.3 is 4.74 Å². The molecule has 0 fully saturated rings. The highest BCUT2D eigenvalue weighted by molar-refractivity contribution is 5.89. The van der Waals surface area contributed by atoms with Crippen molar-refractivity contribution < 1.29 is 14.3 Å². The van der Waals surface area contributed by atoms with E-state index in [-0.39, 0.29) is 6.09 Å². The van der Waals surface area contributed by atoms with Gasteiger partial charge in [0.05, 0.1) is 11.4 Å². The maximum Gasteiger partial charge on any atom is 0.414 e. The van der Waals surface area contributed by atoms with Crippen LogP contribution in [0.15, 0.2) is 23.2 Å². The summed E-state index contributed by atoms with van der Waals surface area (Å²) in [5.41, 5.74) is 1.87. The third-order valence-electron chi connectivity index (χ3n) is 2.97. The van der Waals surface area contributed by atoms with Gasteiger partial charge in [-0.25, -0.2) is 9.59 Å². The van der Waals surface area contributed by atoms with Crippen LogP contribution in [0, 0.1) is 0 Å². The van der Waals surface area contributed by atoms with Crippen molar-refractivity contribution >= 4 is 23.5 Å². The van der Waals surface area contributed by atoms with Crippen LogP contribution in [0.1, 0.15) is 32.8 Å². The van der Waals surface area contributed by atoms with Crippen LogP contribution < -0.4 is 4.90 Å². The van der Waals surface area contributed by atoms with Crippen molar-refractivity contribution in [3.63, 3.8) is 0 Å². The molecule has 0 spiro atoms. The summed E-state index contributed by atoms with van der Waals surface area (Å²) in [6.07, 6.45) is 2.90. The van der Waals surface area contributed by atoms with Crippen molar-refractivity contribution in [3.8, 4) is 0 Å². The van der Waals surface area contributed by atoms with E-state index in [4.69, 9.17) is 4.74 Å². The Hall–Kier alpha value is -2.13. The van der Waals surface area contributed by atoms with Gasteiger partial charge in [-0.15, -0.1) is 0 Å². The molecule has 0 saturated heterocycles. The van der Waals surface area contributed by atoms with Crippen LogP contribution in [0.25, 0.3) is 0 Å². The number of anilines is 1. The molecule has 1 aliphatic rings. The number of ether oxygens (including phenoxy) is 1. The number of rotatable bonds is 1. The molecule has 106 valence electrons. The third kappa shape index (κ3) is 3.25. The van der Waals surface area contributed by atoms with Gasteiger partial charge in [0.25, 0.3) is 0 Å². The molecule has 2 rings (SSSR count). The average Bonchev–Trinajstić information content (AvgIpc) is 2.36. The molecule has 0 unspecified atom stereocenters. The zero-order chi connectivity index (χ0) is 14.8. The average molecular weight is 274 g/mol. The number of carbonyl (C=O) groups is 1. The lowest BCUT2D eigenvalue weighted by Gasteiger charge is -2.31. The minimum atomic E-state index is -0.517. The van der Waals surface area contributed by atoms with Crippen LogP contribution in [0.2, 0.25) is 0 Å². The van der Waals surface area contributed by atoms with E-state index < -0.39 is 5.60 Å². The predicted molar refractivity (Wildman–Crippen MR) is 76.1 cm³/mol. The van der Waals surface area contributed by atoms with Gasteiger partial charge >= 0.3 is 6.09 Å². The largest absolute Gasteiger partial charge is 0.443 e. The predicted octanol–water partition coefficient (Wildman–Crippen LogP) is 3.34. The summed E-state index contributed by atoms with van der Waals surface area (Å²) in [4.78, 5) is 27.7. The fraction of sp³-hybridized carbons (Fsp3) is 0.467. The van der Waals surface area contributed by atoms with Crippen molar-refractivity contribution in [1.82, 2.24) is 0 Å². The first kappa shape index (κ1) is 14.3. The summed E-state index contributed by atoms with van der Waals surface area (Å²) in [7, 11) is 0. The molecular formula is C15H18N2O3. The first-order chi connectivity index (χ1) is 9.40. The van der Waals surface area contributed by atoms with Crippen LogP contribution in [-0.2, 0) is 16.0 Å². The Bertz CT molecular complexity index is 569. The van der Waals surface area contributed by atoms with Crippen molar-refractivity contribution in [3.05, 3.63) is 23.8 Å². The Morgan fingerprint density at radius 3 is 2.80 bits per heavy atom. The molecule has 5 heteroatoms. The standard InChI is InChI=1S/C15H18N2O3/c1-15(2,3)20-14(19)17-8-4-5-11-9-12(16-10-18)6-7-13(11)17/h6-7,9H,4-5,8H2,1-3H3. The highest BCUT2D eigenvalue weighted by atomic mass is 16.6. The monoisotopic (exact) mass is 274 g/mol. The summed E-state index contributed by atoms with van der Waals surface area (Å²) >= 11 is 0. The number of hydrogen-bond donors (Lipinski definition) is 0. The van der Waals surface area contributed by atoms with Crippen LogP contribution in [-0.4, -0.2) is 24.3 Å². The Morgan fingerprint density at radius 1 is 1.40 bits per heavy atom. The number of hydrogen-bond acceptors (Lipinski definition) is 4. The lowest BCUT2D eigenvalue weighted by atomic mass is 10.0. The first-order valence-electron chi connectivity index (χ1n) is 6.62. The maximum absolute atomic E-state index is 12.2. The molecule has 0 aromatic heterocycles. The van der Waals surface area contributed by atoms with Gasteiger partial charge in [-0.05, 0) is 57.4 Å². The zero-order valence-electron chi connectivity index (χ0n) is 12.0. The molecule has 0 atom stereocenters. The Kier molecular flexibility index (Phi) is 3.91. The topological polar surface area (TPSA) is 59.0 Å². The molecule has 5 nitrogen and oxygen atoms in total. The smallest absolute Gasteiger partial charge is 0.414 e. The lowest BCUT2D eigenvalue weighted by molar-refractivity contribution is 0.0578. The fourth-order valence-corrected chi connectivity index (χ4v) is 2.21. The summed E-state index contributed by atoms with van der Waals surface area (Å²) in [6.45, 7) is 6.17. The van der Waals surface area contributed by atoms with E-state index in [9.17, 15) is 9.59 Å². The van der Waals surface area contributed by atoms with Gasteiger partial charge in [-0.1, -0.05) is 0 Å². The number of benzene rings is 1. The van der Waals surface area contributed by atoms with Crippen molar-refractivity contribution in [1.29, 1.82) is 0 Å². The van der Waals surface area contributed by atoms with Crippen molar-refractivity contribution in [2.24, 2.45) is 4.99 Å². The second-order valence-corrected chi connectivity index (χ2v) is 5.75. The van der Waals surface area contributed by atoms with E-state index in [1.54, 1.807) is 17.0 Å². The molecule has 1 heterocycles. The highest BCUT2D eigenvalue weighted by Crippen LogP contribution is 2.31. The number of isocyanates is 1. The van der Waals surface area contributed by atoms with E-state index in [0.29, 0.717) is 12.2 Å². The SMILES string of the molecule is CC(C)(C)OC(=O)N1CCCc2cc(N=C=O)ccc21. The van der Waals surface area contributed by atoms with E-state index in [0.717, 1.165) is 24.1 Å². The van der Waals surface area contributed by atoms with E-state index in [1.165, 1.54) is 6.08 Å². The summed E-state index contributed by atoms with van der Waals surface area (Å²) in [5.74, 6) is 0. The van der Waals surface area contributed by atoms with Gasteiger partial charge in [0.15, 0.2) is 0 Å². The number of fused-ring (bicyclic) bond motifs is 1. The quantitative estimate of drug-likeness (QED) is 0.583. The summed E-state index contributed by atoms with van der Waals surface area (Å²) in [6, 6.07) is 5.32. The highest BCUT2D eigenvalue weighted by Gasteiger charge is 2.27. The molecule has 0 aliphatic carbocycles. The molecule has 0 radical (unpaired) electrons. The van der Waals surface area contributed by atoms with Gasteiger partial charge in [-0.2, -0.15) is 4.99 Å². The third-order valence-corrected chi connectivity index (χ3v) is 2.97. The first-order valence-corrected chi connectivity index (χ1v) is 6.62. The van der Waals surface area contributed by atoms with Crippen molar-refractivity contribution in [2.45, 2.75) is 39.2 Å². The number of aryl methyl sites for hydroxylation is 1. The number of amides is 1. The normalized spacial score (nSPS) is 14.2. The van der Waals surface area contributed by atoms with Crippen LogP contribution in [0.3, 0.4) is 0 Å². The van der Waals surface area contributed by atoms with Gasteiger partial charge in [0.2, 0.25) is 6.08 Å². The minimum absolute atomic E-state index is 0.343. The minimum Gasteiger partial charge on any atom is -0.443 e. The Labute approximate surface area is 118 Å². The van der Waals surface area contributed by atoms with Crippen LogP contribution in [0.4, 0.5) is 16.2 Å². The molecule has 1 aliphatic heterocycles. The number of nitrogens with zero attached hydrogens (tertiary/aromatic N) is 2. The number of carbonyl (C=O) groups excluding carboxylic acids is 2. The Morgan fingerprint density at radius 2 is 2.15 bits per heavy atom. The van der Waals surface area contributed by atoms with Crippen LogP contribution >= 0.6 is 0 Å². The fourth-order valence-electron chi connectivity index (χ4n) is 2.21. The van der Waals surface area contributed by atoms with Gasteiger partial charge in [0, 0.05) is 6.54 Å². The molecular weight excluding hydrogens is 256 g/mol. The molecule has 0 saturated carbocycles. The summed E-state index contributed by atoms with van der Waals surface area (Å²) < 4.78 is 5.41. The molecule has 20 heavy (non-hydrogen) atoms. The molecule has 1 aromatic rings. The van der Waals surface area contributed by atoms with Gasteiger partial charge in [-0.3, -0.25) is 4.90 Å². The second-order valence-electron chi connectivity index (χ2n) is 5.75. The molecule has 1 aromatic carbocycles. The summed E-state index contributed by atoms with van der Waals surface area (Å²) in [5, 5.41) is 0. The zero-order valence-corrected chi connectivity index (χ0v) is 12.0. The van der Waals surface area contributed by atoms with E-state index in [1.807, 2.05) is 26.8 Å². The maximum atomic E-state index is 12.2. The van der Waals surface area contributed by atoms with Crippen LogP contribution in [0.5, 0.6) is 0 Å². The Balaban J connectivity index is 2.28. The second kappa shape index (κ2) is 5.47. The lowest BCUT2D eigenvalue weighted by Crippen LogP contribution is -2.39. The van der Waals surface area contributed by atoms with E-state index in [2.05, 4.69) is 4.99 Å². The van der Waals surface area contributed by atoms with Gasteiger partial charge in [0.1, 0.15) is 5.60 Å². The van der Waals surface area contributed by atoms with E-state index >= 15 is 0 Å². The van der Waals surface area contributed by atoms with Crippen molar-refractivity contribution in [2.75, 3.05) is 11.4 Å². The molecule has 0 N–H and O–H groups in total. The molecule has 1 amide bonds. The number of aliphatic imine (C=N–C) groups is 1.